The topological polar surface area (TPSA) is 25.2 Å². The van der Waals surface area contributed by atoms with Gasteiger partial charge in [0.15, 0.2) is 0 Å². The minimum atomic E-state index is 0.397. The highest BCUT2D eigenvalue weighted by Gasteiger charge is 2.14. The van der Waals surface area contributed by atoms with Gasteiger partial charge in [-0.2, -0.15) is 0 Å². The maximum absolute atomic E-state index is 6.04. The molecule has 1 aromatic heterocycles. The van der Waals surface area contributed by atoms with Gasteiger partial charge in [-0.25, -0.2) is 0 Å². The Labute approximate surface area is 153 Å². The lowest BCUT2D eigenvalue weighted by Gasteiger charge is -2.19. The first-order valence-electron chi connectivity index (χ1n) is 9.30. The highest BCUT2D eigenvalue weighted by atomic mass is 16.3. The molecule has 0 bridgehead atoms. The van der Waals surface area contributed by atoms with Gasteiger partial charge < -0.3 is 9.73 Å². The number of hydrogen-bond acceptors (Lipinski definition) is 2. The van der Waals surface area contributed by atoms with Crippen molar-refractivity contribution in [3.8, 4) is 0 Å². The first kappa shape index (κ1) is 15.3. The van der Waals surface area contributed by atoms with Crippen LogP contribution in [0.25, 0.3) is 21.9 Å². The SMILES string of the molecule is C1=CC(NC2=CCC(c3ccc4c(c3)oc3ccccc34)C=C2)=CCC1. The standard InChI is InChI=1S/C24H21NO/c1-2-6-19(7-3-1)25-20-13-10-17(11-14-20)18-12-15-22-21-8-4-5-9-23(21)26-24(22)16-18/h2,4-10,12-17,25H,1,3,11H2. The third kappa shape index (κ3) is 2.78. The second kappa shape index (κ2) is 6.38. The van der Waals surface area contributed by atoms with Gasteiger partial charge >= 0.3 is 0 Å². The monoisotopic (exact) mass is 339 g/mol. The molecule has 0 aliphatic heterocycles. The second-order valence-electron chi connectivity index (χ2n) is 6.98. The summed E-state index contributed by atoms with van der Waals surface area (Å²) in [6, 6.07) is 14.9. The minimum absolute atomic E-state index is 0.397. The molecule has 2 heteroatoms. The Balaban J connectivity index is 1.37. The van der Waals surface area contributed by atoms with Gasteiger partial charge in [-0.05, 0) is 49.1 Å². The largest absolute Gasteiger partial charge is 0.456 e. The number of benzene rings is 2. The molecule has 0 saturated heterocycles. The Morgan fingerprint density at radius 3 is 2.58 bits per heavy atom. The summed E-state index contributed by atoms with van der Waals surface area (Å²) in [4.78, 5) is 0. The van der Waals surface area contributed by atoms with E-state index in [0.717, 1.165) is 30.4 Å². The van der Waals surface area contributed by atoms with Crippen molar-refractivity contribution in [2.75, 3.05) is 0 Å². The average Bonchev–Trinajstić information content (AvgIpc) is 3.07. The van der Waals surface area contributed by atoms with Crippen molar-refractivity contribution in [2.45, 2.75) is 25.2 Å². The third-order valence-electron chi connectivity index (χ3n) is 5.21. The second-order valence-corrected chi connectivity index (χ2v) is 6.98. The van der Waals surface area contributed by atoms with Crippen LogP contribution in [0.3, 0.4) is 0 Å². The van der Waals surface area contributed by atoms with E-state index in [1.807, 2.05) is 12.1 Å². The van der Waals surface area contributed by atoms with Crippen LogP contribution in [0.4, 0.5) is 0 Å². The molecule has 2 nitrogen and oxygen atoms in total. The Hall–Kier alpha value is -3.00. The Kier molecular flexibility index (Phi) is 3.75. The summed E-state index contributed by atoms with van der Waals surface area (Å²) >= 11 is 0. The number of nitrogens with one attached hydrogen (secondary N) is 1. The summed E-state index contributed by atoms with van der Waals surface area (Å²) in [7, 11) is 0. The zero-order valence-corrected chi connectivity index (χ0v) is 14.6. The first-order chi connectivity index (χ1) is 12.9. The van der Waals surface area contributed by atoms with Crippen molar-refractivity contribution >= 4 is 21.9 Å². The molecule has 3 aromatic rings. The molecule has 1 N–H and O–H groups in total. The van der Waals surface area contributed by atoms with Crippen molar-refractivity contribution in [3.05, 3.63) is 95.9 Å². The van der Waals surface area contributed by atoms with Crippen LogP contribution >= 0.6 is 0 Å². The van der Waals surface area contributed by atoms with Crippen molar-refractivity contribution < 1.29 is 4.42 Å². The normalized spacial score (nSPS) is 19.6. The van der Waals surface area contributed by atoms with Gasteiger partial charge in [0.2, 0.25) is 0 Å². The van der Waals surface area contributed by atoms with Gasteiger partial charge in [0.1, 0.15) is 11.2 Å². The molecule has 0 radical (unpaired) electrons. The fourth-order valence-corrected chi connectivity index (χ4v) is 3.81. The lowest BCUT2D eigenvalue weighted by Crippen LogP contribution is -2.13. The number of allylic oxidation sites excluding steroid dienone is 6. The molecule has 0 spiro atoms. The van der Waals surface area contributed by atoms with Crippen LogP contribution in [0.1, 0.15) is 30.7 Å². The van der Waals surface area contributed by atoms with E-state index in [1.165, 1.54) is 27.7 Å². The summed E-state index contributed by atoms with van der Waals surface area (Å²) in [6.45, 7) is 0. The molecule has 26 heavy (non-hydrogen) atoms. The van der Waals surface area contributed by atoms with Crippen LogP contribution in [0, 0.1) is 0 Å². The minimum Gasteiger partial charge on any atom is -0.456 e. The molecule has 0 fully saturated rings. The zero-order valence-electron chi connectivity index (χ0n) is 14.6. The molecule has 2 aliphatic rings. The highest BCUT2D eigenvalue weighted by molar-refractivity contribution is 6.04. The number of rotatable bonds is 3. The molecule has 2 aromatic carbocycles. The van der Waals surface area contributed by atoms with E-state index in [4.69, 9.17) is 4.42 Å². The summed E-state index contributed by atoms with van der Waals surface area (Å²) < 4.78 is 6.04. The molecule has 5 rings (SSSR count). The number of hydrogen-bond donors (Lipinski definition) is 1. The van der Waals surface area contributed by atoms with Crippen molar-refractivity contribution in [3.63, 3.8) is 0 Å². The molecule has 1 atom stereocenters. The van der Waals surface area contributed by atoms with Gasteiger partial charge in [0.25, 0.3) is 0 Å². The van der Waals surface area contributed by atoms with Crippen LogP contribution in [0.2, 0.25) is 0 Å². The third-order valence-corrected chi connectivity index (χ3v) is 5.21. The van der Waals surface area contributed by atoms with Crippen LogP contribution < -0.4 is 5.32 Å². The zero-order chi connectivity index (χ0) is 17.3. The number of furan rings is 1. The molecular formula is C24H21NO. The highest BCUT2D eigenvalue weighted by Crippen LogP contribution is 2.33. The molecule has 128 valence electrons. The van der Waals surface area contributed by atoms with Gasteiger partial charge in [-0.1, -0.05) is 54.6 Å². The van der Waals surface area contributed by atoms with E-state index in [-0.39, 0.29) is 0 Å². The molecule has 2 aliphatic carbocycles. The number of fused-ring (bicyclic) bond motifs is 3. The van der Waals surface area contributed by atoms with E-state index in [1.54, 1.807) is 0 Å². The maximum Gasteiger partial charge on any atom is 0.135 e. The van der Waals surface area contributed by atoms with Crippen molar-refractivity contribution in [2.24, 2.45) is 0 Å². The van der Waals surface area contributed by atoms with Crippen LogP contribution in [0.15, 0.2) is 94.7 Å². The Bertz CT molecular complexity index is 1090. The van der Waals surface area contributed by atoms with E-state index >= 15 is 0 Å². The molecule has 1 heterocycles. The summed E-state index contributed by atoms with van der Waals surface area (Å²) in [5.74, 6) is 0.397. The van der Waals surface area contributed by atoms with E-state index < -0.39 is 0 Å². The predicted molar refractivity (Wildman–Crippen MR) is 108 cm³/mol. The fourth-order valence-electron chi connectivity index (χ4n) is 3.81. The van der Waals surface area contributed by atoms with E-state index in [2.05, 4.69) is 72.1 Å². The van der Waals surface area contributed by atoms with Gasteiger partial charge in [0.05, 0.1) is 0 Å². The van der Waals surface area contributed by atoms with E-state index in [9.17, 15) is 0 Å². The smallest absolute Gasteiger partial charge is 0.135 e. The van der Waals surface area contributed by atoms with E-state index in [0.29, 0.717) is 5.92 Å². The quantitative estimate of drug-likeness (QED) is 0.602. The molecular weight excluding hydrogens is 318 g/mol. The number of para-hydroxylation sites is 1. The lowest BCUT2D eigenvalue weighted by molar-refractivity contribution is 0.667. The van der Waals surface area contributed by atoms with Crippen LogP contribution in [0.5, 0.6) is 0 Å². The summed E-state index contributed by atoms with van der Waals surface area (Å²) in [6.07, 6.45) is 16.7. The fraction of sp³-hybridized carbons (Fsp3) is 0.167. The predicted octanol–water partition coefficient (Wildman–Crippen LogP) is 6.34. The van der Waals surface area contributed by atoms with Gasteiger partial charge in [0, 0.05) is 28.1 Å². The Morgan fingerprint density at radius 1 is 0.846 bits per heavy atom. The van der Waals surface area contributed by atoms with Crippen molar-refractivity contribution in [1.82, 2.24) is 5.32 Å². The van der Waals surface area contributed by atoms with Crippen LogP contribution in [-0.2, 0) is 0 Å². The summed E-state index contributed by atoms with van der Waals surface area (Å²) in [5.41, 5.74) is 5.62. The lowest BCUT2D eigenvalue weighted by atomic mass is 9.91. The molecule has 0 saturated carbocycles. The molecule has 1 unspecified atom stereocenters. The average molecular weight is 339 g/mol. The van der Waals surface area contributed by atoms with Crippen molar-refractivity contribution in [1.29, 1.82) is 0 Å². The van der Waals surface area contributed by atoms with Gasteiger partial charge in [-0.15, -0.1) is 0 Å². The van der Waals surface area contributed by atoms with Gasteiger partial charge in [-0.3, -0.25) is 0 Å². The van der Waals surface area contributed by atoms with Crippen LogP contribution in [-0.4, -0.2) is 0 Å². The maximum atomic E-state index is 6.04. The Morgan fingerprint density at radius 2 is 1.73 bits per heavy atom. The summed E-state index contributed by atoms with van der Waals surface area (Å²) in [5, 5.41) is 5.89. The molecule has 0 amide bonds. The first-order valence-corrected chi connectivity index (χ1v) is 9.30.